The molecule has 0 heterocycles. The highest BCUT2D eigenvalue weighted by atomic mass is 32.2. The molecule has 0 saturated carbocycles. The molecule has 3 unspecified atom stereocenters. The molecule has 2 aromatic carbocycles. The van der Waals surface area contributed by atoms with Crippen molar-refractivity contribution in [3.8, 4) is 11.5 Å². The Morgan fingerprint density at radius 3 is 1.95 bits per heavy atom. The second kappa shape index (κ2) is 19.8. The van der Waals surface area contributed by atoms with Crippen LogP contribution in [0, 0.1) is 0 Å². The molecule has 3 atom stereocenters. The highest BCUT2D eigenvalue weighted by Crippen LogP contribution is 2.36. The summed E-state index contributed by atoms with van der Waals surface area (Å²) in [5.41, 5.74) is -0.930. The van der Waals surface area contributed by atoms with Crippen LogP contribution in [0.3, 0.4) is 0 Å². The summed E-state index contributed by atoms with van der Waals surface area (Å²) in [6.45, 7) is 4.03. The first-order valence-corrected chi connectivity index (χ1v) is 16.6. The molecule has 0 saturated heterocycles. The maximum atomic E-state index is 12.9. The highest BCUT2D eigenvalue weighted by molar-refractivity contribution is 7.85. The normalized spacial score (nSPS) is 13.7. The van der Waals surface area contributed by atoms with E-state index in [-0.39, 0.29) is 29.6 Å². The molecule has 0 aliphatic rings. The fourth-order valence-corrected chi connectivity index (χ4v) is 5.55. The van der Waals surface area contributed by atoms with Gasteiger partial charge in [0.05, 0.1) is 28.2 Å². The van der Waals surface area contributed by atoms with E-state index in [4.69, 9.17) is 4.74 Å². The summed E-state index contributed by atoms with van der Waals surface area (Å²) in [4.78, 5) is 12.9. The predicted octanol–water partition coefficient (Wildman–Crippen LogP) is 6.58. The van der Waals surface area contributed by atoms with Gasteiger partial charge in [0.25, 0.3) is 5.91 Å². The lowest BCUT2D eigenvalue weighted by molar-refractivity contribution is 0.0949. The van der Waals surface area contributed by atoms with Crippen LogP contribution in [0.25, 0.3) is 10.8 Å². The standard InChI is InChI=1S/C32H51NO6S/c1-3-4-5-6-7-8-9-10-11-12-13-14-15-18-21-33-32(37)29-22-30(27-19-16-17-20-28(27)31(29)36)39-23-26(35)24-40(38)25(2)34/h16-17,19-20,22,25-26,34-36H,3-15,18,21,23-24H2,1-2H3,(H,33,37). The van der Waals surface area contributed by atoms with Crippen molar-refractivity contribution in [2.45, 2.75) is 115 Å². The average molecular weight is 578 g/mol. The minimum absolute atomic E-state index is 0.112. The van der Waals surface area contributed by atoms with Crippen molar-refractivity contribution in [1.82, 2.24) is 5.32 Å². The van der Waals surface area contributed by atoms with Crippen LogP contribution < -0.4 is 10.1 Å². The van der Waals surface area contributed by atoms with Gasteiger partial charge in [0.2, 0.25) is 0 Å². The first-order chi connectivity index (χ1) is 19.3. The first kappa shape index (κ1) is 34.0. The van der Waals surface area contributed by atoms with Gasteiger partial charge >= 0.3 is 0 Å². The molecule has 8 heteroatoms. The van der Waals surface area contributed by atoms with Crippen LogP contribution in [0.2, 0.25) is 0 Å². The Labute approximate surface area is 243 Å². The minimum atomic E-state index is -1.59. The molecule has 0 fully saturated rings. The Balaban J connectivity index is 1.73. The average Bonchev–Trinajstić information content (AvgIpc) is 2.94. The van der Waals surface area contributed by atoms with E-state index in [9.17, 15) is 24.3 Å². The molecule has 0 aliphatic carbocycles. The van der Waals surface area contributed by atoms with Crippen molar-refractivity contribution in [2.75, 3.05) is 18.9 Å². The lowest BCUT2D eigenvalue weighted by atomic mass is 10.0. The molecule has 7 nitrogen and oxygen atoms in total. The van der Waals surface area contributed by atoms with Crippen molar-refractivity contribution >= 4 is 27.5 Å². The number of aliphatic hydroxyl groups excluding tert-OH is 2. The largest absolute Gasteiger partial charge is 0.506 e. The number of rotatable bonds is 22. The maximum Gasteiger partial charge on any atom is 0.255 e. The predicted molar refractivity (Wildman–Crippen MR) is 164 cm³/mol. The second-order valence-corrected chi connectivity index (χ2v) is 12.6. The summed E-state index contributed by atoms with van der Waals surface area (Å²) in [7, 11) is -1.59. The zero-order valence-corrected chi connectivity index (χ0v) is 25.4. The summed E-state index contributed by atoms with van der Waals surface area (Å²) in [5.74, 6) is -0.270. The molecule has 1 amide bonds. The molecular formula is C32H51NO6S. The number of amides is 1. The summed E-state index contributed by atoms with van der Waals surface area (Å²) >= 11 is 0. The van der Waals surface area contributed by atoms with Gasteiger partial charge in [-0.2, -0.15) is 0 Å². The van der Waals surface area contributed by atoms with E-state index in [1.54, 1.807) is 24.3 Å². The molecule has 4 N–H and O–H groups in total. The van der Waals surface area contributed by atoms with Crippen LogP contribution in [0.15, 0.2) is 30.3 Å². The smallest absolute Gasteiger partial charge is 0.255 e. The van der Waals surface area contributed by atoms with Gasteiger partial charge in [-0.25, -0.2) is 0 Å². The number of hydrogen-bond acceptors (Lipinski definition) is 6. The lowest BCUT2D eigenvalue weighted by Crippen LogP contribution is -2.28. The topological polar surface area (TPSA) is 116 Å². The second-order valence-electron chi connectivity index (χ2n) is 10.8. The summed E-state index contributed by atoms with van der Waals surface area (Å²) in [6.07, 6.45) is 16.8. The number of phenolic OH excluding ortho intramolecular Hbond substituents is 1. The Kier molecular flexibility index (Phi) is 16.9. The number of nitrogens with one attached hydrogen (secondary N) is 1. The molecule has 0 bridgehead atoms. The fraction of sp³-hybridized carbons (Fsp3) is 0.656. The third kappa shape index (κ3) is 12.6. The van der Waals surface area contributed by atoms with E-state index in [1.165, 1.54) is 83.6 Å². The monoisotopic (exact) mass is 577 g/mol. The molecule has 0 aliphatic heterocycles. The highest BCUT2D eigenvalue weighted by Gasteiger charge is 2.19. The summed E-state index contributed by atoms with van der Waals surface area (Å²) in [5, 5.41) is 34.4. The SMILES string of the molecule is CCCCCCCCCCCCCCCCNC(=O)c1cc(OCC(O)CS(=O)C(C)O)c2ccccc2c1O. The summed E-state index contributed by atoms with van der Waals surface area (Å²) < 4.78 is 17.6. The molecule has 226 valence electrons. The van der Waals surface area contributed by atoms with Crippen molar-refractivity contribution in [3.63, 3.8) is 0 Å². The van der Waals surface area contributed by atoms with Crippen molar-refractivity contribution in [2.24, 2.45) is 0 Å². The van der Waals surface area contributed by atoms with E-state index >= 15 is 0 Å². The molecule has 40 heavy (non-hydrogen) atoms. The van der Waals surface area contributed by atoms with Gasteiger partial charge in [0.1, 0.15) is 23.5 Å². The third-order valence-electron chi connectivity index (χ3n) is 7.21. The number of carbonyl (C=O) groups excluding carboxylic acids is 1. The van der Waals surface area contributed by atoms with E-state index < -0.39 is 22.3 Å². The van der Waals surface area contributed by atoms with Crippen LogP contribution in [0.1, 0.15) is 114 Å². The molecule has 2 rings (SSSR count). The number of benzene rings is 2. The van der Waals surface area contributed by atoms with Crippen LogP contribution in [0.4, 0.5) is 0 Å². The van der Waals surface area contributed by atoms with Gasteiger partial charge in [0.15, 0.2) is 0 Å². The van der Waals surface area contributed by atoms with Gasteiger partial charge in [0, 0.05) is 17.3 Å². The Morgan fingerprint density at radius 1 is 0.875 bits per heavy atom. The van der Waals surface area contributed by atoms with Crippen LogP contribution in [-0.4, -0.2) is 55.9 Å². The number of carbonyl (C=O) groups is 1. The van der Waals surface area contributed by atoms with Gasteiger partial charge in [-0.1, -0.05) is 115 Å². The number of phenols is 1. The van der Waals surface area contributed by atoms with Crippen molar-refractivity contribution in [3.05, 3.63) is 35.9 Å². The molecule has 0 spiro atoms. The van der Waals surface area contributed by atoms with E-state index in [0.717, 1.165) is 19.3 Å². The number of hydrogen-bond donors (Lipinski definition) is 4. The molecular weight excluding hydrogens is 526 g/mol. The van der Waals surface area contributed by atoms with Gasteiger partial charge in [-0.3, -0.25) is 9.00 Å². The van der Waals surface area contributed by atoms with Crippen molar-refractivity contribution in [1.29, 1.82) is 0 Å². The quantitative estimate of drug-likeness (QED) is 0.117. The van der Waals surface area contributed by atoms with E-state index in [1.807, 2.05) is 0 Å². The zero-order chi connectivity index (χ0) is 29.2. The molecule has 2 aromatic rings. The minimum Gasteiger partial charge on any atom is -0.506 e. The molecule has 0 radical (unpaired) electrons. The van der Waals surface area contributed by atoms with Crippen LogP contribution in [0.5, 0.6) is 11.5 Å². The third-order valence-corrected chi connectivity index (χ3v) is 8.68. The van der Waals surface area contributed by atoms with Gasteiger partial charge in [-0.05, 0) is 19.4 Å². The number of fused-ring (bicyclic) bond motifs is 1. The zero-order valence-electron chi connectivity index (χ0n) is 24.5. The van der Waals surface area contributed by atoms with Gasteiger partial charge < -0.3 is 25.4 Å². The van der Waals surface area contributed by atoms with E-state index in [0.29, 0.717) is 23.1 Å². The number of unbranched alkanes of at least 4 members (excludes halogenated alkanes) is 13. The lowest BCUT2D eigenvalue weighted by Gasteiger charge is -2.17. The number of ether oxygens (including phenoxy) is 1. The maximum absolute atomic E-state index is 12.9. The Morgan fingerprint density at radius 2 is 1.40 bits per heavy atom. The number of aromatic hydroxyl groups is 1. The van der Waals surface area contributed by atoms with Gasteiger partial charge in [-0.15, -0.1) is 0 Å². The van der Waals surface area contributed by atoms with Crippen molar-refractivity contribution < 1.29 is 29.1 Å². The molecule has 0 aromatic heterocycles. The van der Waals surface area contributed by atoms with Crippen LogP contribution in [-0.2, 0) is 10.8 Å². The first-order valence-electron chi connectivity index (χ1n) is 15.2. The Bertz CT molecular complexity index is 1030. The summed E-state index contributed by atoms with van der Waals surface area (Å²) in [6, 6.07) is 8.52. The van der Waals surface area contributed by atoms with E-state index in [2.05, 4.69) is 12.2 Å². The fourth-order valence-electron chi connectivity index (χ4n) is 4.80. The Hall–Kier alpha value is -2.16. The van der Waals surface area contributed by atoms with Crippen LogP contribution >= 0.6 is 0 Å². The number of aliphatic hydroxyl groups is 2.